The summed E-state index contributed by atoms with van der Waals surface area (Å²) in [6, 6.07) is 7.97. The van der Waals surface area contributed by atoms with Crippen LogP contribution >= 0.6 is 0 Å². The van der Waals surface area contributed by atoms with E-state index in [0.717, 1.165) is 46.0 Å². The maximum atomic E-state index is 13.1. The summed E-state index contributed by atoms with van der Waals surface area (Å²) in [7, 11) is 0. The summed E-state index contributed by atoms with van der Waals surface area (Å²) in [6.07, 6.45) is 4.97. The molecular weight excluding hydrogens is 328 g/mol. The van der Waals surface area contributed by atoms with Crippen molar-refractivity contribution < 1.29 is 14.3 Å². The van der Waals surface area contributed by atoms with Crippen LogP contribution in [0.2, 0.25) is 0 Å². The topological polar surface area (TPSA) is 60.5 Å². The first-order valence-corrected chi connectivity index (χ1v) is 8.89. The highest BCUT2D eigenvalue weighted by Gasteiger charge is 2.41. The molecule has 26 heavy (non-hydrogen) atoms. The van der Waals surface area contributed by atoms with Crippen LogP contribution in [0, 0.1) is 5.41 Å². The van der Waals surface area contributed by atoms with E-state index in [0.29, 0.717) is 6.42 Å². The van der Waals surface area contributed by atoms with Gasteiger partial charge in [-0.25, -0.2) is 0 Å². The van der Waals surface area contributed by atoms with Crippen molar-refractivity contribution in [3.8, 4) is 11.5 Å². The van der Waals surface area contributed by atoms with Crippen LogP contribution < -0.4 is 14.8 Å². The predicted octanol–water partition coefficient (Wildman–Crippen LogP) is 4.01. The monoisotopic (exact) mass is 348 g/mol. The lowest BCUT2D eigenvalue weighted by molar-refractivity contribution is -0.118. The van der Waals surface area contributed by atoms with E-state index in [-0.39, 0.29) is 23.9 Å². The van der Waals surface area contributed by atoms with Crippen LogP contribution in [-0.4, -0.2) is 17.6 Å². The maximum absolute atomic E-state index is 13.1. The third-order valence-electron chi connectivity index (χ3n) is 5.39. The van der Waals surface area contributed by atoms with Crippen LogP contribution in [-0.2, 0) is 4.79 Å². The Labute approximate surface area is 152 Å². The van der Waals surface area contributed by atoms with E-state index in [1.165, 1.54) is 0 Å². The average Bonchev–Trinajstić information content (AvgIpc) is 3.05. The van der Waals surface area contributed by atoms with E-state index in [4.69, 9.17) is 9.47 Å². The van der Waals surface area contributed by atoms with Gasteiger partial charge in [0.25, 0.3) is 0 Å². The average molecular weight is 348 g/mol. The predicted molar refractivity (Wildman–Crippen MR) is 97.3 cm³/mol. The molecule has 0 fully saturated rings. The Morgan fingerprint density at radius 3 is 2.62 bits per heavy atom. The molecule has 0 radical (unpaired) electrons. The summed E-state index contributed by atoms with van der Waals surface area (Å²) in [5, 5.41) is 3.52. The molecule has 3 heterocycles. The molecule has 1 N–H and O–H groups in total. The molecule has 1 aliphatic carbocycles. The number of aromatic nitrogens is 1. The highest BCUT2D eigenvalue weighted by Crippen LogP contribution is 2.51. The molecule has 5 nitrogen and oxygen atoms in total. The van der Waals surface area contributed by atoms with Crippen LogP contribution in [0.1, 0.15) is 43.7 Å². The van der Waals surface area contributed by atoms with Gasteiger partial charge in [-0.3, -0.25) is 9.78 Å². The minimum absolute atomic E-state index is 0.0421. The van der Waals surface area contributed by atoms with Crippen LogP contribution in [0.3, 0.4) is 0 Å². The lowest BCUT2D eigenvalue weighted by Gasteiger charge is -2.39. The molecule has 3 aliphatic rings. The van der Waals surface area contributed by atoms with Gasteiger partial charge in [0.05, 0.1) is 0 Å². The number of fused-ring (bicyclic) bond motifs is 2. The smallest absolute Gasteiger partial charge is 0.231 e. The number of hydrogen-bond acceptors (Lipinski definition) is 5. The third-order valence-corrected chi connectivity index (χ3v) is 5.39. The summed E-state index contributed by atoms with van der Waals surface area (Å²) in [5.74, 6) is 1.59. The second kappa shape index (κ2) is 5.34. The summed E-state index contributed by atoms with van der Waals surface area (Å²) in [6.45, 7) is 4.52. The molecule has 0 bridgehead atoms. The number of Topliss-reactive ketones (excluding diaryl/α,β-unsaturated/α-hetero) is 1. The molecule has 5 heteroatoms. The van der Waals surface area contributed by atoms with Gasteiger partial charge in [0.2, 0.25) is 6.79 Å². The van der Waals surface area contributed by atoms with Crippen molar-refractivity contribution in [3.05, 3.63) is 59.1 Å². The van der Waals surface area contributed by atoms with E-state index in [1.54, 1.807) is 12.4 Å². The van der Waals surface area contributed by atoms with Crippen molar-refractivity contribution in [3.63, 3.8) is 0 Å². The SMILES string of the molecule is CC1(C)CC(=O)C2=C(C1)Nc1cc3c(cc1C2c1ccncc1)OCO3. The fraction of sp³-hybridized carbons (Fsp3) is 0.333. The summed E-state index contributed by atoms with van der Waals surface area (Å²) < 4.78 is 11.1. The Hall–Kier alpha value is -2.82. The number of ketones is 1. The highest BCUT2D eigenvalue weighted by molar-refractivity contribution is 6.01. The normalized spacial score (nSPS) is 22.5. The van der Waals surface area contributed by atoms with Gasteiger partial charge in [0.1, 0.15) is 0 Å². The third kappa shape index (κ3) is 2.30. The van der Waals surface area contributed by atoms with Gasteiger partial charge in [0.15, 0.2) is 17.3 Å². The lowest BCUT2D eigenvalue weighted by atomic mass is 9.69. The van der Waals surface area contributed by atoms with Crippen molar-refractivity contribution in [1.29, 1.82) is 0 Å². The van der Waals surface area contributed by atoms with Crippen LogP contribution in [0.4, 0.5) is 5.69 Å². The van der Waals surface area contributed by atoms with Gasteiger partial charge in [-0.15, -0.1) is 0 Å². The molecule has 1 aromatic carbocycles. The summed E-state index contributed by atoms with van der Waals surface area (Å²) in [4.78, 5) is 17.2. The zero-order valence-corrected chi connectivity index (χ0v) is 14.8. The second-order valence-corrected chi connectivity index (χ2v) is 7.96. The van der Waals surface area contributed by atoms with Gasteiger partial charge < -0.3 is 14.8 Å². The van der Waals surface area contributed by atoms with Crippen molar-refractivity contribution in [2.45, 2.75) is 32.6 Å². The molecular formula is C21H20N2O3. The van der Waals surface area contributed by atoms with E-state index >= 15 is 0 Å². The molecule has 1 atom stereocenters. The number of carbonyl (C=O) groups is 1. The molecule has 0 saturated heterocycles. The molecule has 1 aromatic heterocycles. The summed E-state index contributed by atoms with van der Waals surface area (Å²) in [5.41, 5.74) is 4.97. The van der Waals surface area contributed by atoms with Gasteiger partial charge >= 0.3 is 0 Å². The fourth-order valence-electron chi connectivity index (χ4n) is 4.31. The summed E-state index contributed by atoms with van der Waals surface area (Å²) >= 11 is 0. The number of allylic oxidation sites excluding steroid dienone is 2. The number of nitrogens with one attached hydrogen (secondary N) is 1. The number of benzene rings is 1. The number of carbonyl (C=O) groups excluding carboxylic acids is 1. The lowest BCUT2D eigenvalue weighted by Crippen LogP contribution is -2.33. The molecule has 0 spiro atoms. The fourth-order valence-corrected chi connectivity index (χ4v) is 4.31. The van der Waals surface area contributed by atoms with E-state index in [2.05, 4.69) is 24.1 Å². The first kappa shape index (κ1) is 15.4. The van der Waals surface area contributed by atoms with Gasteiger partial charge in [-0.2, -0.15) is 0 Å². The zero-order valence-electron chi connectivity index (χ0n) is 14.8. The molecule has 1 unspecified atom stereocenters. The van der Waals surface area contributed by atoms with Gasteiger partial charge in [-0.1, -0.05) is 13.8 Å². The van der Waals surface area contributed by atoms with Gasteiger partial charge in [0, 0.05) is 47.8 Å². The Bertz CT molecular complexity index is 947. The Balaban J connectivity index is 1.73. The quantitative estimate of drug-likeness (QED) is 0.844. The number of ether oxygens (including phenoxy) is 2. The van der Waals surface area contributed by atoms with Crippen LogP contribution in [0.25, 0.3) is 0 Å². The second-order valence-electron chi connectivity index (χ2n) is 7.96. The van der Waals surface area contributed by atoms with Crippen LogP contribution in [0.15, 0.2) is 47.9 Å². The van der Waals surface area contributed by atoms with E-state index in [1.807, 2.05) is 24.3 Å². The number of nitrogens with zero attached hydrogens (tertiary/aromatic N) is 1. The van der Waals surface area contributed by atoms with Crippen molar-refractivity contribution in [2.24, 2.45) is 5.41 Å². The molecule has 2 aliphatic heterocycles. The molecule has 5 rings (SSSR count). The Morgan fingerprint density at radius 1 is 1.12 bits per heavy atom. The Morgan fingerprint density at radius 2 is 1.85 bits per heavy atom. The number of hydrogen-bond donors (Lipinski definition) is 1. The number of pyridine rings is 1. The standard InChI is InChI=1S/C21H20N2O3/c1-21(2)9-15-20(16(24)10-21)19(12-3-5-22-6-4-12)13-7-17-18(26-11-25-17)8-14(13)23-15/h3-8,19,23H,9-11H2,1-2H3. The van der Waals surface area contributed by atoms with E-state index in [9.17, 15) is 4.79 Å². The van der Waals surface area contributed by atoms with Crippen molar-refractivity contribution >= 4 is 11.5 Å². The minimum Gasteiger partial charge on any atom is -0.454 e. The molecule has 0 saturated carbocycles. The molecule has 0 amide bonds. The largest absolute Gasteiger partial charge is 0.454 e. The first-order chi connectivity index (χ1) is 12.5. The molecule has 2 aromatic rings. The highest BCUT2D eigenvalue weighted by atomic mass is 16.7. The van der Waals surface area contributed by atoms with Crippen molar-refractivity contribution in [2.75, 3.05) is 12.1 Å². The van der Waals surface area contributed by atoms with Crippen LogP contribution in [0.5, 0.6) is 11.5 Å². The number of anilines is 1. The zero-order chi connectivity index (χ0) is 17.9. The minimum atomic E-state index is -0.109. The van der Waals surface area contributed by atoms with E-state index < -0.39 is 0 Å². The Kier molecular flexibility index (Phi) is 3.17. The first-order valence-electron chi connectivity index (χ1n) is 8.89. The maximum Gasteiger partial charge on any atom is 0.231 e. The van der Waals surface area contributed by atoms with Crippen molar-refractivity contribution in [1.82, 2.24) is 4.98 Å². The van der Waals surface area contributed by atoms with Gasteiger partial charge in [-0.05, 0) is 41.2 Å². The number of rotatable bonds is 1. The molecule has 132 valence electrons.